The molecule has 1 amide bonds. The number of ether oxygens (including phenoxy) is 1. The topological polar surface area (TPSA) is 32.8 Å². The van der Waals surface area contributed by atoms with Gasteiger partial charge in [0.25, 0.3) is 5.91 Å². The van der Waals surface area contributed by atoms with Crippen molar-refractivity contribution < 1.29 is 9.53 Å². The Kier molecular flexibility index (Phi) is 4.94. The van der Waals surface area contributed by atoms with Crippen LogP contribution in [-0.4, -0.2) is 48.5 Å². The number of rotatable bonds is 3. The first kappa shape index (κ1) is 16.8. The molecular formula is C20H21IN2O2. The lowest BCUT2D eigenvalue weighted by Gasteiger charge is -2.34. The lowest BCUT2D eigenvalue weighted by atomic mass is 10.1. The zero-order valence-corrected chi connectivity index (χ0v) is 16.2. The second-order valence-electron chi connectivity index (χ2n) is 6.62. The number of hydrogen-bond donors (Lipinski definition) is 0. The van der Waals surface area contributed by atoms with E-state index in [0.717, 1.165) is 60.6 Å². The summed E-state index contributed by atoms with van der Waals surface area (Å²) in [4.78, 5) is 17.0. The molecular weight excluding hydrogens is 427 g/mol. The van der Waals surface area contributed by atoms with Gasteiger partial charge in [0.15, 0.2) is 0 Å². The van der Waals surface area contributed by atoms with E-state index in [1.54, 1.807) is 0 Å². The Labute approximate surface area is 161 Å². The number of fused-ring (bicyclic) bond motifs is 1. The van der Waals surface area contributed by atoms with Gasteiger partial charge in [-0.3, -0.25) is 9.69 Å². The highest BCUT2D eigenvalue weighted by atomic mass is 127. The fourth-order valence-corrected chi connectivity index (χ4v) is 3.84. The third-order valence-electron chi connectivity index (χ3n) is 4.91. The van der Waals surface area contributed by atoms with Crippen molar-refractivity contribution in [1.29, 1.82) is 0 Å². The molecule has 0 aromatic heterocycles. The quantitative estimate of drug-likeness (QED) is 0.677. The molecule has 0 spiro atoms. The maximum absolute atomic E-state index is 12.6. The SMILES string of the molecule is O=C(c1ccc(I)cc1)N1CCN(Cc2ccc3c(c2)CCO3)CC1. The number of piperazine rings is 1. The number of benzene rings is 2. The van der Waals surface area contributed by atoms with Crippen LogP contribution in [0.3, 0.4) is 0 Å². The summed E-state index contributed by atoms with van der Waals surface area (Å²) in [5.41, 5.74) is 3.44. The summed E-state index contributed by atoms with van der Waals surface area (Å²) in [5.74, 6) is 1.18. The molecule has 2 aliphatic heterocycles. The van der Waals surface area contributed by atoms with Gasteiger partial charge in [0.2, 0.25) is 0 Å². The molecule has 130 valence electrons. The Morgan fingerprint density at radius 1 is 1.04 bits per heavy atom. The second kappa shape index (κ2) is 7.33. The van der Waals surface area contributed by atoms with E-state index in [-0.39, 0.29) is 5.91 Å². The van der Waals surface area contributed by atoms with E-state index in [1.165, 1.54) is 11.1 Å². The highest BCUT2D eigenvalue weighted by Gasteiger charge is 2.22. The van der Waals surface area contributed by atoms with Crippen LogP contribution in [-0.2, 0) is 13.0 Å². The summed E-state index contributed by atoms with van der Waals surface area (Å²) < 4.78 is 6.73. The van der Waals surface area contributed by atoms with Crippen LogP contribution in [0.15, 0.2) is 42.5 Å². The van der Waals surface area contributed by atoms with Crippen LogP contribution >= 0.6 is 22.6 Å². The summed E-state index contributed by atoms with van der Waals surface area (Å²) in [6, 6.07) is 14.3. The Hall–Kier alpha value is -1.60. The van der Waals surface area contributed by atoms with Gasteiger partial charge in [0.1, 0.15) is 5.75 Å². The third kappa shape index (κ3) is 3.82. The van der Waals surface area contributed by atoms with Crippen LogP contribution < -0.4 is 4.74 Å². The fourth-order valence-electron chi connectivity index (χ4n) is 3.48. The summed E-state index contributed by atoms with van der Waals surface area (Å²) in [5, 5.41) is 0. The standard InChI is InChI=1S/C20H21IN2O2/c21-18-4-2-16(3-5-18)20(24)23-10-8-22(9-11-23)14-15-1-6-19-17(13-15)7-12-25-19/h1-6,13H,7-12,14H2. The van der Waals surface area contributed by atoms with Crippen molar-refractivity contribution in [2.75, 3.05) is 32.8 Å². The zero-order chi connectivity index (χ0) is 17.2. The summed E-state index contributed by atoms with van der Waals surface area (Å²) in [6.45, 7) is 5.17. The molecule has 5 heteroatoms. The van der Waals surface area contributed by atoms with Gasteiger partial charge in [-0.25, -0.2) is 0 Å². The molecule has 4 rings (SSSR count). The van der Waals surface area contributed by atoms with E-state index in [0.29, 0.717) is 0 Å². The number of carbonyl (C=O) groups is 1. The van der Waals surface area contributed by atoms with Crippen molar-refractivity contribution >= 4 is 28.5 Å². The smallest absolute Gasteiger partial charge is 0.253 e. The van der Waals surface area contributed by atoms with E-state index < -0.39 is 0 Å². The van der Waals surface area contributed by atoms with Crippen LogP contribution in [0.5, 0.6) is 5.75 Å². The van der Waals surface area contributed by atoms with Gasteiger partial charge in [-0.15, -0.1) is 0 Å². The molecule has 0 aliphatic carbocycles. The van der Waals surface area contributed by atoms with Gasteiger partial charge in [-0.1, -0.05) is 12.1 Å². The molecule has 25 heavy (non-hydrogen) atoms. The van der Waals surface area contributed by atoms with Crippen LogP contribution in [0.1, 0.15) is 21.5 Å². The van der Waals surface area contributed by atoms with Crippen LogP contribution in [0.2, 0.25) is 0 Å². The number of halogens is 1. The largest absolute Gasteiger partial charge is 0.493 e. The van der Waals surface area contributed by atoms with Crippen molar-refractivity contribution in [1.82, 2.24) is 9.80 Å². The lowest BCUT2D eigenvalue weighted by molar-refractivity contribution is 0.0628. The zero-order valence-electron chi connectivity index (χ0n) is 14.1. The molecule has 2 aliphatic rings. The Balaban J connectivity index is 1.33. The normalized spacial score (nSPS) is 17.2. The molecule has 0 bridgehead atoms. The highest BCUT2D eigenvalue weighted by Crippen LogP contribution is 2.26. The molecule has 1 fully saturated rings. The van der Waals surface area contributed by atoms with E-state index >= 15 is 0 Å². The number of nitrogens with zero attached hydrogens (tertiary/aromatic N) is 2. The van der Waals surface area contributed by atoms with E-state index in [2.05, 4.69) is 45.7 Å². The molecule has 0 N–H and O–H groups in total. The minimum Gasteiger partial charge on any atom is -0.493 e. The first-order valence-electron chi connectivity index (χ1n) is 8.71. The minimum atomic E-state index is 0.144. The molecule has 2 heterocycles. The van der Waals surface area contributed by atoms with Crippen molar-refractivity contribution in [3.63, 3.8) is 0 Å². The van der Waals surface area contributed by atoms with Crippen LogP contribution in [0, 0.1) is 3.57 Å². The molecule has 0 saturated carbocycles. The van der Waals surface area contributed by atoms with Gasteiger partial charge in [-0.05, 0) is 64.0 Å². The molecule has 0 radical (unpaired) electrons. The Morgan fingerprint density at radius 2 is 1.80 bits per heavy atom. The average Bonchev–Trinajstić information content (AvgIpc) is 3.10. The Morgan fingerprint density at radius 3 is 2.56 bits per heavy atom. The lowest BCUT2D eigenvalue weighted by Crippen LogP contribution is -2.48. The van der Waals surface area contributed by atoms with E-state index in [1.807, 2.05) is 29.2 Å². The van der Waals surface area contributed by atoms with Gasteiger partial charge in [0.05, 0.1) is 6.61 Å². The van der Waals surface area contributed by atoms with E-state index in [9.17, 15) is 4.79 Å². The maximum Gasteiger partial charge on any atom is 0.253 e. The average molecular weight is 448 g/mol. The van der Waals surface area contributed by atoms with E-state index in [4.69, 9.17) is 4.74 Å². The summed E-state index contributed by atoms with van der Waals surface area (Å²) >= 11 is 2.26. The monoisotopic (exact) mass is 448 g/mol. The minimum absolute atomic E-state index is 0.144. The predicted octanol–water partition coefficient (Wildman–Crippen LogP) is 3.18. The molecule has 2 aromatic carbocycles. The summed E-state index contributed by atoms with van der Waals surface area (Å²) in [6.07, 6.45) is 1.02. The van der Waals surface area contributed by atoms with Crippen molar-refractivity contribution in [3.8, 4) is 5.75 Å². The first-order chi connectivity index (χ1) is 12.2. The molecule has 2 aromatic rings. The van der Waals surface area contributed by atoms with Gasteiger partial charge >= 0.3 is 0 Å². The number of carbonyl (C=O) groups excluding carboxylic acids is 1. The predicted molar refractivity (Wildman–Crippen MR) is 106 cm³/mol. The number of amides is 1. The van der Waals surface area contributed by atoms with Crippen LogP contribution in [0.25, 0.3) is 0 Å². The van der Waals surface area contributed by atoms with Gasteiger partial charge < -0.3 is 9.64 Å². The van der Waals surface area contributed by atoms with Crippen molar-refractivity contribution in [3.05, 3.63) is 62.7 Å². The molecule has 4 nitrogen and oxygen atoms in total. The van der Waals surface area contributed by atoms with Crippen LogP contribution in [0.4, 0.5) is 0 Å². The second-order valence-corrected chi connectivity index (χ2v) is 7.86. The molecule has 0 atom stereocenters. The van der Waals surface area contributed by atoms with Crippen molar-refractivity contribution in [2.24, 2.45) is 0 Å². The van der Waals surface area contributed by atoms with Crippen molar-refractivity contribution in [2.45, 2.75) is 13.0 Å². The van der Waals surface area contributed by atoms with Gasteiger partial charge in [0, 0.05) is 48.3 Å². The maximum atomic E-state index is 12.6. The first-order valence-corrected chi connectivity index (χ1v) is 9.79. The third-order valence-corrected chi connectivity index (χ3v) is 5.63. The fraction of sp³-hybridized carbons (Fsp3) is 0.350. The highest BCUT2D eigenvalue weighted by molar-refractivity contribution is 14.1. The molecule has 0 unspecified atom stereocenters. The summed E-state index contributed by atoms with van der Waals surface area (Å²) in [7, 11) is 0. The Bertz CT molecular complexity index is 768. The number of hydrogen-bond acceptors (Lipinski definition) is 3. The van der Waals surface area contributed by atoms with Gasteiger partial charge in [-0.2, -0.15) is 0 Å². The molecule has 1 saturated heterocycles.